The molecule has 0 bridgehead atoms. The predicted molar refractivity (Wildman–Crippen MR) is 62.0 cm³/mol. The monoisotopic (exact) mass is 220 g/mol. The van der Waals surface area contributed by atoms with Gasteiger partial charge in [-0.15, -0.1) is 11.3 Å². The van der Waals surface area contributed by atoms with Gasteiger partial charge in [0, 0.05) is 0 Å². The van der Waals surface area contributed by atoms with Crippen molar-refractivity contribution in [1.29, 1.82) is 0 Å². The molecule has 3 nitrogen and oxygen atoms in total. The van der Waals surface area contributed by atoms with E-state index in [4.69, 9.17) is 10.5 Å². The molecular formula is C11H12N2OS. The van der Waals surface area contributed by atoms with Gasteiger partial charge in [0.25, 0.3) is 0 Å². The van der Waals surface area contributed by atoms with Crippen LogP contribution in [-0.2, 0) is 6.61 Å². The fourth-order valence-corrected chi connectivity index (χ4v) is 1.91. The molecule has 1 heterocycles. The summed E-state index contributed by atoms with van der Waals surface area (Å²) in [4.78, 5) is 5.30. The number of rotatable bonds is 3. The fraction of sp³-hybridized carbons (Fsp3) is 0.182. The van der Waals surface area contributed by atoms with Crippen molar-refractivity contribution in [3.63, 3.8) is 0 Å². The Balaban J connectivity index is 2.06. The molecule has 0 aliphatic carbocycles. The van der Waals surface area contributed by atoms with Crippen molar-refractivity contribution in [3.05, 3.63) is 40.3 Å². The van der Waals surface area contributed by atoms with E-state index in [0.29, 0.717) is 12.3 Å². The van der Waals surface area contributed by atoms with Gasteiger partial charge in [-0.1, -0.05) is 12.1 Å². The van der Waals surface area contributed by atoms with Gasteiger partial charge in [0.15, 0.2) is 0 Å². The first-order valence-corrected chi connectivity index (χ1v) is 5.51. The van der Waals surface area contributed by atoms with Crippen molar-refractivity contribution >= 4 is 17.0 Å². The number of aromatic nitrogens is 1. The summed E-state index contributed by atoms with van der Waals surface area (Å²) in [5, 5.41) is 0. The number of hydrogen-bond acceptors (Lipinski definition) is 4. The highest BCUT2D eigenvalue weighted by Gasteiger charge is 2.03. The Bertz CT molecular complexity index is 453. The van der Waals surface area contributed by atoms with Gasteiger partial charge in [-0.2, -0.15) is 0 Å². The molecule has 0 saturated carbocycles. The number of anilines is 1. The summed E-state index contributed by atoms with van der Waals surface area (Å²) in [7, 11) is 0. The van der Waals surface area contributed by atoms with Crippen molar-refractivity contribution in [2.75, 3.05) is 5.73 Å². The van der Waals surface area contributed by atoms with E-state index in [-0.39, 0.29) is 0 Å². The average molecular weight is 220 g/mol. The minimum Gasteiger partial charge on any atom is -0.486 e. The molecule has 0 aliphatic heterocycles. The van der Waals surface area contributed by atoms with E-state index >= 15 is 0 Å². The first-order valence-electron chi connectivity index (χ1n) is 4.63. The van der Waals surface area contributed by atoms with Crippen LogP contribution in [-0.4, -0.2) is 4.98 Å². The van der Waals surface area contributed by atoms with Crippen LogP contribution < -0.4 is 10.5 Å². The molecule has 0 amide bonds. The van der Waals surface area contributed by atoms with E-state index in [1.165, 1.54) is 0 Å². The number of benzene rings is 1. The lowest BCUT2D eigenvalue weighted by atomic mass is 10.3. The molecule has 0 spiro atoms. The summed E-state index contributed by atoms with van der Waals surface area (Å²) in [5.41, 5.74) is 9.27. The van der Waals surface area contributed by atoms with E-state index in [1.807, 2.05) is 36.7 Å². The van der Waals surface area contributed by atoms with Crippen LogP contribution in [0.2, 0.25) is 0 Å². The summed E-state index contributed by atoms with van der Waals surface area (Å²) in [5.74, 6) is 0.727. The van der Waals surface area contributed by atoms with Gasteiger partial charge < -0.3 is 10.5 Å². The van der Waals surface area contributed by atoms with Crippen LogP contribution in [0.25, 0.3) is 0 Å². The first kappa shape index (κ1) is 9.98. The number of aryl methyl sites for hydroxylation is 1. The van der Waals surface area contributed by atoms with Gasteiger partial charge in [0.05, 0.1) is 21.8 Å². The molecule has 1 aromatic heterocycles. The van der Waals surface area contributed by atoms with Gasteiger partial charge in [-0.3, -0.25) is 0 Å². The molecule has 2 rings (SSSR count). The standard InChI is InChI=1S/C11H12N2OS/c1-8-11(15-7-13-8)6-14-10-5-3-2-4-9(10)12/h2-5,7H,6,12H2,1H3. The third kappa shape index (κ3) is 2.27. The molecule has 0 aliphatic rings. The quantitative estimate of drug-likeness (QED) is 0.809. The molecule has 2 aromatic rings. The molecular weight excluding hydrogens is 208 g/mol. The molecule has 2 N–H and O–H groups in total. The maximum absolute atomic E-state index is 5.76. The van der Waals surface area contributed by atoms with Crippen LogP contribution in [0.5, 0.6) is 5.75 Å². The second kappa shape index (κ2) is 4.31. The third-order valence-electron chi connectivity index (χ3n) is 2.12. The summed E-state index contributed by atoms with van der Waals surface area (Å²) in [6.45, 7) is 2.51. The van der Waals surface area contributed by atoms with Crippen molar-refractivity contribution in [1.82, 2.24) is 4.98 Å². The molecule has 15 heavy (non-hydrogen) atoms. The van der Waals surface area contributed by atoms with Crippen LogP contribution in [0.1, 0.15) is 10.6 Å². The molecule has 4 heteroatoms. The van der Waals surface area contributed by atoms with Crippen molar-refractivity contribution in [2.45, 2.75) is 13.5 Å². The summed E-state index contributed by atoms with van der Waals surface area (Å²) >= 11 is 1.60. The second-order valence-electron chi connectivity index (χ2n) is 3.19. The normalized spacial score (nSPS) is 10.2. The number of thiazole rings is 1. The smallest absolute Gasteiger partial charge is 0.142 e. The van der Waals surface area contributed by atoms with Crippen LogP contribution >= 0.6 is 11.3 Å². The molecule has 0 atom stereocenters. The highest BCUT2D eigenvalue weighted by atomic mass is 32.1. The lowest BCUT2D eigenvalue weighted by Gasteiger charge is -2.07. The predicted octanol–water partition coefficient (Wildman–Crippen LogP) is 2.61. The van der Waals surface area contributed by atoms with Gasteiger partial charge >= 0.3 is 0 Å². The van der Waals surface area contributed by atoms with Crippen LogP contribution in [0.15, 0.2) is 29.8 Å². The second-order valence-corrected chi connectivity index (χ2v) is 4.13. The van der Waals surface area contributed by atoms with Crippen LogP contribution in [0.3, 0.4) is 0 Å². The van der Waals surface area contributed by atoms with E-state index in [2.05, 4.69) is 4.98 Å². The summed E-state index contributed by atoms with van der Waals surface area (Å²) in [6, 6.07) is 7.49. The number of para-hydroxylation sites is 2. The maximum Gasteiger partial charge on any atom is 0.142 e. The van der Waals surface area contributed by atoms with E-state index < -0.39 is 0 Å². The minimum absolute atomic E-state index is 0.532. The minimum atomic E-state index is 0.532. The highest BCUT2D eigenvalue weighted by Crippen LogP contribution is 2.22. The SMILES string of the molecule is Cc1ncsc1COc1ccccc1N. The highest BCUT2D eigenvalue weighted by molar-refractivity contribution is 7.09. The van der Waals surface area contributed by atoms with E-state index in [9.17, 15) is 0 Å². The number of nitrogen functional groups attached to an aromatic ring is 1. The number of nitrogens with two attached hydrogens (primary N) is 1. The molecule has 0 radical (unpaired) electrons. The molecule has 78 valence electrons. The van der Waals surface area contributed by atoms with Gasteiger partial charge in [0.1, 0.15) is 12.4 Å². The average Bonchev–Trinajstić information content (AvgIpc) is 2.63. The maximum atomic E-state index is 5.76. The molecule has 0 unspecified atom stereocenters. The Morgan fingerprint density at radius 1 is 1.40 bits per heavy atom. The molecule has 0 saturated heterocycles. The zero-order valence-corrected chi connectivity index (χ0v) is 9.25. The Kier molecular flexibility index (Phi) is 2.87. The van der Waals surface area contributed by atoms with Crippen molar-refractivity contribution < 1.29 is 4.74 Å². The zero-order valence-electron chi connectivity index (χ0n) is 8.43. The largest absolute Gasteiger partial charge is 0.486 e. The number of hydrogen-bond donors (Lipinski definition) is 1. The Morgan fingerprint density at radius 2 is 2.20 bits per heavy atom. The van der Waals surface area contributed by atoms with Crippen molar-refractivity contribution in [2.24, 2.45) is 0 Å². The van der Waals surface area contributed by atoms with Crippen molar-refractivity contribution in [3.8, 4) is 5.75 Å². The Hall–Kier alpha value is -1.55. The topological polar surface area (TPSA) is 48.1 Å². The van der Waals surface area contributed by atoms with E-state index in [0.717, 1.165) is 16.3 Å². The lowest BCUT2D eigenvalue weighted by molar-refractivity contribution is 0.310. The lowest BCUT2D eigenvalue weighted by Crippen LogP contribution is -1.98. The summed E-state index contributed by atoms with van der Waals surface area (Å²) in [6.07, 6.45) is 0. The Labute approximate surface area is 92.5 Å². The molecule has 0 fully saturated rings. The van der Waals surface area contributed by atoms with Gasteiger partial charge in [-0.05, 0) is 19.1 Å². The number of nitrogens with zero attached hydrogens (tertiary/aromatic N) is 1. The zero-order chi connectivity index (χ0) is 10.7. The Morgan fingerprint density at radius 3 is 2.87 bits per heavy atom. The summed E-state index contributed by atoms with van der Waals surface area (Å²) < 4.78 is 5.61. The van der Waals surface area contributed by atoms with Crippen LogP contribution in [0.4, 0.5) is 5.69 Å². The van der Waals surface area contributed by atoms with Gasteiger partial charge in [0.2, 0.25) is 0 Å². The number of ether oxygens (including phenoxy) is 1. The molecule has 1 aromatic carbocycles. The third-order valence-corrected chi connectivity index (χ3v) is 3.03. The van der Waals surface area contributed by atoms with Crippen LogP contribution in [0, 0.1) is 6.92 Å². The first-order chi connectivity index (χ1) is 7.27. The van der Waals surface area contributed by atoms with E-state index in [1.54, 1.807) is 11.3 Å². The fourth-order valence-electron chi connectivity index (χ4n) is 1.22. The van der Waals surface area contributed by atoms with Gasteiger partial charge in [-0.25, -0.2) is 4.98 Å².